The minimum absolute atomic E-state index is 0.0422. The predicted octanol–water partition coefficient (Wildman–Crippen LogP) is 4.32. The number of alkyl halides is 1. The summed E-state index contributed by atoms with van der Waals surface area (Å²) in [5, 5.41) is 0. The molecule has 3 heteroatoms. The summed E-state index contributed by atoms with van der Waals surface area (Å²) in [5.74, 6) is 0.270. The van der Waals surface area contributed by atoms with Gasteiger partial charge in [-0.3, -0.25) is 4.79 Å². The van der Waals surface area contributed by atoms with Crippen molar-refractivity contribution in [2.24, 2.45) is 0 Å². The summed E-state index contributed by atoms with van der Waals surface area (Å²) in [4.78, 5) is 11.3. The number of benzene rings is 1. The number of halogens is 2. The summed E-state index contributed by atoms with van der Waals surface area (Å²) in [6.45, 7) is 5.44. The second kappa shape index (κ2) is 5.63. The zero-order valence-corrected chi connectivity index (χ0v) is 11.3. The maximum absolute atomic E-state index is 13.8. The van der Waals surface area contributed by atoms with E-state index in [9.17, 15) is 9.18 Å². The molecule has 0 atom stereocenters. The van der Waals surface area contributed by atoms with Gasteiger partial charge in [-0.05, 0) is 48.9 Å². The highest BCUT2D eigenvalue weighted by Gasteiger charge is 2.24. The lowest BCUT2D eigenvalue weighted by molar-refractivity contribution is 0.101. The Morgan fingerprint density at radius 1 is 1.41 bits per heavy atom. The Bertz CT molecular complexity index is 413. The summed E-state index contributed by atoms with van der Waals surface area (Å²) in [5.41, 5.74) is 0.848. The number of hydrogen-bond donors (Lipinski definition) is 0. The van der Waals surface area contributed by atoms with Gasteiger partial charge in [0.15, 0.2) is 5.78 Å². The first-order chi connectivity index (χ1) is 7.88. The molecule has 0 amide bonds. The lowest BCUT2D eigenvalue weighted by Crippen LogP contribution is -2.19. The third-order valence-electron chi connectivity index (χ3n) is 3.04. The van der Waals surface area contributed by atoms with Crippen LogP contribution < -0.4 is 0 Å². The summed E-state index contributed by atoms with van der Waals surface area (Å²) >= 11 is 5.67. The highest BCUT2D eigenvalue weighted by molar-refractivity contribution is 6.17. The second-order valence-electron chi connectivity index (χ2n) is 4.93. The van der Waals surface area contributed by atoms with Crippen LogP contribution in [0.15, 0.2) is 18.2 Å². The lowest BCUT2D eigenvalue weighted by atomic mass is 9.79. The van der Waals surface area contributed by atoms with Gasteiger partial charge in [0.2, 0.25) is 0 Å². The first-order valence-electron chi connectivity index (χ1n) is 5.75. The fraction of sp³-hybridized carbons (Fsp3) is 0.500. The Kier molecular flexibility index (Phi) is 4.70. The minimum atomic E-state index is -0.301. The molecule has 0 heterocycles. The van der Waals surface area contributed by atoms with Crippen LogP contribution in [0.3, 0.4) is 0 Å². The smallest absolute Gasteiger partial charge is 0.159 e. The van der Waals surface area contributed by atoms with Crippen LogP contribution in [0.25, 0.3) is 0 Å². The van der Waals surface area contributed by atoms with Crippen molar-refractivity contribution in [3.8, 4) is 0 Å². The Morgan fingerprint density at radius 3 is 2.59 bits per heavy atom. The molecule has 17 heavy (non-hydrogen) atoms. The largest absolute Gasteiger partial charge is 0.295 e. The van der Waals surface area contributed by atoms with Crippen LogP contribution in [0.2, 0.25) is 0 Å². The van der Waals surface area contributed by atoms with E-state index in [4.69, 9.17) is 11.6 Å². The molecule has 0 radical (unpaired) electrons. The molecule has 0 saturated heterocycles. The molecule has 0 aliphatic carbocycles. The van der Waals surface area contributed by atoms with Gasteiger partial charge in [-0.25, -0.2) is 4.39 Å². The summed E-state index contributed by atoms with van der Waals surface area (Å²) in [6.07, 6.45) is 1.63. The topological polar surface area (TPSA) is 17.1 Å². The fourth-order valence-electron chi connectivity index (χ4n) is 1.91. The number of carbonyl (C=O) groups is 1. The van der Waals surface area contributed by atoms with Crippen LogP contribution in [-0.4, -0.2) is 11.7 Å². The van der Waals surface area contributed by atoms with E-state index in [1.165, 1.54) is 19.1 Å². The quantitative estimate of drug-likeness (QED) is 0.566. The van der Waals surface area contributed by atoms with Crippen molar-refractivity contribution < 1.29 is 9.18 Å². The summed E-state index contributed by atoms with van der Waals surface area (Å²) < 4.78 is 13.8. The van der Waals surface area contributed by atoms with Gasteiger partial charge < -0.3 is 0 Å². The molecule has 0 unspecified atom stereocenters. The number of Topliss-reactive ketones (excluding diaryl/α,β-unsaturated/α-hetero) is 1. The summed E-state index contributed by atoms with van der Waals surface area (Å²) in [6, 6.07) is 4.55. The van der Waals surface area contributed by atoms with E-state index in [1.54, 1.807) is 6.07 Å². The highest BCUT2D eigenvalue weighted by atomic mass is 35.5. The molecule has 0 fully saturated rings. The zero-order valence-electron chi connectivity index (χ0n) is 10.5. The number of carbonyl (C=O) groups excluding carboxylic acids is 1. The number of ketones is 1. The molecule has 0 aliphatic heterocycles. The van der Waals surface area contributed by atoms with E-state index in [-0.39, 0.29) is 17.0 Å². The molecule has 0 N–H and O–H groups in total. The van der Waals surface area contributed by atoms with E-state index >= 15 is 0 Å². The molecule has 0 spiro atoms. The monoisotopic (exact) mass is 256 g/mol. The lowest BCUT2D eigenvalue weighted by Gasteiger charge is -2.26. The zero-order chi connectivity index (χ0) is 13.1. The third-order valence-corrected chi connectivity index (χ3v) is 3.30. The van der Waals surface area contributed by atoms with Gasteiger partial charge in [-0.1, -0.05) is 13.8 Å². The van der Waals surface area contributed by atoms with Crippen LogP contribution in [0.1, 0.15) is 49.5 Å². The van der Waals surface area contributed by atoms with Crippen LogP contribution in [0, 0.1) is 5.82 Å². The maximum Gasteiger partial charge on any atom is 0.159 e. The van der Waals surface area contributed by atoms with Gasteiger partial charge in [0.05, 0.1) is 0 Å². The Morgan fingerprint density at radius 2 is 2.06 bits per heavy atom. The van der Waals surface area contributed by atoms with Crippen molar-refractivity contribution in [3.63, 3.8) is 0 Å². The average molecular weight is 257 g/mol. The van der Waals surface area contributed by atoms with Crippen LogP contribution in [0.5, 0.6) is 0 Å². The molecule has 1 nitrogen and oxygen atoms in total. The Labute approximate surface area is 107 Å². The molecule has 0 saturated carbocycles. The molecule has 94 valence electrons. The average Bonchev–Trinajstić information content (AvgIpc) is 2.26. The Hall–Kier alpha value is -0.890. The molecule has 1 rings (SSSR count). The van der Waals surface area contributed by atoms with Crippen molar-refractivity contribution in [3.05, 3.63) is 35.1 Å². The summed E-state index contributed by atoms with van der Waals surface area (Å²) in [7, 11) is 0. The fourth-order valence-corrected chi connectivity index (χ4v) is 2.04. The standard InChI is InChI=1S/C14H18ClFO/c1-10(17)11-5-6-13(16)12(9-11)14(2,3)7-4-8-15/h5-6,9H,4,7-8H2,1-3H3. The SMILES string of the molecule is CC(=O)c1ccc(F)c(C(C)(C)CCCCl)c1. The van der Waals surface area contributed by atoms with Crippen molar-refractivity contribution in [1.82, 2.24) is 0 Å². The third kappa shape index (κ3) is 3.53. The first-order valence-corrected chi connectivity index (χ1v) is 6.29. The predicted molar refractivity (Wildman–Crippen MR) is 69.4 cm³/mol. The van der Waals surface area contributed by atoms with E-state index < -0.39 is 0 Å². The van der Waals surface area contributed by atoms with E-state index in [1.807, 2.05) is 13.8 Å². The van der Waals surface area contributed by atoms with Crippen molar-refractivity contribution >= 4 is 17.4 Å². The van der Waals surface area contributed by atoms with Gasteiger partial charge in [-0.15, -0.1) is 11.6 Å². The van der Waals surface area contributed by atoms with Crippen molar-refractivity contribution in [2.45, 2.75) is 39.0 Å². The van der Waals surface area contributed by atoms with Gasteiger partial charge in [-0.2, -0.15) is 0 Å². The minimum Gasteiger partial charge on any atom is -0.295 e. The normalized spacial score (nSPS) is 11.6. The molecule has 1 aromatic carbocycles. The number of hydrogen-bond acceptors (Lipinski definition) is 1. The molecule has 0 bridgehead atoms. The van der Waals surface area contributed by atoms with Gasteiger partial charge >= 0.3 is 0 Å². The van der Waals surface area contributed by atoms with E-state index in [0.29, 0.717) is 17.0 Å². The molecule has 1 aromatic rings. The van der Waals surface area contributed by atoms with Crippen LogP contribution >= 0.6 is 11.6 Å². The highest BCUT2D eigenvalue weighted by Crippen LogP contribution is 2.31. The maximum atomic E-state index is 13.8. The van der Waals surface area contributed by atoms with E-state index in [2.05, 4.69) is 0 Å². The van der Waals surface area contributed by atoms with E-state index in [0.717, 1.165) is 12.8 Å². The van der Waals surface area contributed by atoms with Crippen LogP contribution in [-0.2, 0) is 5.41 Å². The van der Waals surface area contributed by atoms with Gasteiger partial charge in [0, 0.05) is 11.4 Å². The van der Waals surface area contributed by atoms with Crippen LogP contribution in [0.4, 0.5) is 4.39 Å². The molecular formula is C14H18ClFO. The first kappa shape index (κ1) is 14.2. The molecule has 0 aliphatic rings. The molecule has 0 aromatic heterocycles. The number of rotatable bonds is 5. The Balaban J connectivity index is 3.10. The van der Waals surface area contributed by atoms with Gasteiger partial charge in [0.1, 0.15) is 5.82 Å². The molecular weight excluding hydrogens is 239 g/mol. The van der Waals surface area contributed by atoms with Crippen molar-refractivity contribution in [1.29, 1.82) is 0 Å². The van der Waals surface area contributed by atoms with Crippen molar-refractivity contribution in [2.75, 3.05) is 5.88 Å². The van der Waals surface area contributed by atoms with Gasteiger partial charge in [0.25, 0.3) is 0 Å². The second-order valence-corrected chi connectivity index (χ2v) is 5.31.